The summed E-state index contributed by atoms with van der Waals surface area (Å²) in [7, 11) is 0. The Morgan fingerprint density at radius 3 is 2.53 bits per heavy atom. The quantitative estimate of drug-likeness (QED) is 0.746. The summed E-state index contributed by atoms with van der Waals surface area (Å²) in [6, 6.07) is 15.9. The highest BCUT2D eigenvalue weighted by Gasteiger charge is 2.10. The van der Waals surface area contributed by atoms with Gasteiger partial charge in [0.2, 0.25) is 5.95 Å². The number of imidazole rings is 1. The maximum Gasteiger partial charge on any atom is 0.205 e. The Balaban J connectivity index is 2.38. The van der Waals surface area contributed by atoms with E-state index in [2.05, 4.69) is 20.9 Å². The van der Waals surface area contributed by atoms with Gasteiger partial charge in [-0.15, -0.1) is 0 Å². The van der Waals surface area contributed by atoms with Crippen molar-refractivity contribution >= 4 is 32.9 Å². The molecule has 1 aromatic heterocycles. The molecule has 0 bridgehead atoms. The number of rotatable bonds is 1. The molecule has 1 heterocycles. The second-order valence-corrected chi connectivity index (χ2v) is 4.60. The zero-order chi connectivity index (χ0) is 11.8. The van der Waals surface area contributed by atoms with E-state index in [-0.39, 0.29) is 0 Å². The van der Waals surface area contributed by atoms with Crippen molar-refractivity contribution in [3.05, 3.63) is 53.0 Å². The number of hydrogen-bond donors (Lipinski definition) is 1. The van der Waals surface area contributed by atoms with Gasteiger partial charge in [0.1, 0.15) is 0 Å². The molecule has 0 amide bonds. The molecule has 0 unspecified atom stereocenters. The lowest BCUT2D eigenvalue weighted by molar-refractivity contribution is 1.10. The number of para-hydroxylation sites is 3. The molecule has 84 valence electrons. The second-order valence-electron chi connectivity index (χ2n) is 3.75. The number of nitrogens with two attached hydrogens (primary N) is 1. The molecule has 0 saturated carbocycles. The molecule has 2 aromatic carbocycles. The third-order valence-electron chi connectivity index (χ3n) is 2.68. The van der Waals surface area contributed by atoms with Crippen LogP contribution in [0.2, 0.25) is 0 Å². The molecule has 0 aliphatic heterocycles. The molecule has 0 radical (unpaired) electrons. The lowest BCUT2D eigenvalue weighted by Crippen LogP contribution is -2.01. The van der Waals surface area contributed by atoms with Crippen molar-refractivity contribution in [2.75, 3.05) is 5.73 Å². The summed E-state index contributed by atoms with van der Waals surface area (Å²) in [4.78, 5) is 4.35. The molecule has 17 heavy (non-hydrogen) atoms. The number of fused-ring (bicyclic) bond motifs is 1. The highest BCUT2D eigenvalue weighted by molar-refractivity contribution is 9.10. The maximum absolute atomic E-state index is 5.99. The largest absolute Gasteiger partial charge is 0.369 e. The van der Waals surface area contributed by atoms with Gasteiger partial charge < -0.3 is 5.73 Å². The SMILES string of the molecule is Nc1nc2ccccc2n1-c1ccccc1Br. The first-order valence-corrected chi connectivity index (χ1v) is 6.04. The minimum atomic E-state index is 0.498. The minimum Gasteiger partial charge on any atom is -0.369 e. The lowest BCUT2D eigenvalue weighted by atomic mass is 10.3. The van der Waals surface area contributed by atoms with E-state index in [1.807, 2.05) is 53.1 Å². The number of benzene rings is 2. The van der Waals surface area contributed by atoms with Crippen LogP contribution in [0.1, 0.15) is 0 Å². The van der Waals surface area contributed by atoms with Gasteiger partial charge in [0.05, 0.1) is 16.7 Å². The van der Waals surface area contributed by atoms with Crippen molar-refractivity contribution in [1.82, 2.24) is 9.55 Å². The van der Waals surface area contributed by atoms with E-state index < -0.39 is 0 Å². The van der Waals surface area contributed by atoms with Crippen molar-refractivity contribution in [2.24, 2.45) is 0 Å². The highest BCUT2D eigenvalue weighted by Crippen LogP contribution is 2.27. The van der Waals surface area contributed by atoms with Crippen LogP contribution in [0.25, 0.3) is 16.7 Å². The number of nitrogen functional groups attached to an aromatic ring is 1. The Kier molecular flexibility index (Phi) is 2.37. The maximum atomic E-state index is 5.99. The van der Waals surface area contributed by atoms with Gasteiger partial charge in [-0.25, -0.2) is 4.98 Å². The Labute approximate surface area is 107 Å². The Morgan fingerprint density at radius 2 is 1.71 bits per heavy atom. The molecular formula is C13H10BrN3. The summed E-state index contributed by atoms with van der Waals surface area (Å²) in [6.45, 7) is 0. The van der Waals surface area contributed by atoms with Gasteiger partial charge in [0.15, 0.2) is 0 Å². The van der Waals surface area contributed by atoms with E-state index in [4.69, 9.17) is 5.73 Å². The number of aromatic nitrogens is 2. The smallest absolute Gasteiger partial charge is 0.205 e. The lowest BCUT2D eigenvalue weighted by Gasteiger charge is -2.08. The molecule has 3 nitrogen and oxygen atoms in total. The monoisotopic (exact) mass is 287 g/mol. The molecule has 0 spiro atoms. The first-order valence-electron chi connectivity index (χ1n) is 5.25. The third-order valence-corrected chi connectivity index (χ3v) is 3.35. The van der Waals surface area contributed by atoms with Crippen LogP contribution in [0.4, 0.5) is 5.95 Å². The summed E-state index contributed by atoms with van der Waals surface area (Å²) >= 11 is 3.53. The van der Waals surface area contributed by atoms with E-state index in [1.165, 1.54) is 0 Å². The number of halogens is 1. The Morgan fingerprint density at radius 1 is 1.00 bits per heavy atom. The van der Waals surface area contributed by atoms with Gasteiger partial charge >= 0.3 is 0 Å². The zero-order valence-corrected chi connectivity index (χ0v) is 10.6. The van der Waals surface area contributed by atoms with Gasteiger partial charge in [-0.05, 0) is 40.2 Å². The Bertz CT molecular complexity index is 688. The fourth-order valence-corrected chi connectivity index (χ4v) is 2.39. The normalized spacial score (nSPS) is 10.9. The van der Waals surface area contributed by atoms with Gasteiger partial charge in [-0.2, -0.15) is 0 Å². The predicted molar refractivity (Wildman–Crippen MR) is 73.2 cm³/mol. The average molecular weight is 288 g/mol. The standard InChI is InChI=1S/C13H10BrN3/c14-9-5-1-3-7-11(9)17-12-8-4-2-6-10(12)16-13(17)15/h1-8H,(H2,15,16). The summed E-state index contributed by atoms with van der Waals surface area (Å²) < 4.78 is 2.94. The van der Waals surface area contributed by atoms with Gasteiger partial charge in [-0.3, -0.25) is 4.57 Å². The molecule has 4 heteroatoms. The minimum absolute atomic E-state index is 0.498. The molecule has 2 N–H and O–H groups in total. The highest BCUT2D eigenvalue weighted by atomic mass is 79.9. The zero-order valence-electron chi connectivity index (χ0n) is 8.97. The van der Waals surface area contributed by atoms with Crippen molar-refractivity contribution in [3.63, 3.8) is 0 Å². The molecule has 0 aliphatic rings. The summed E-state index contributed by atoms with van der Waals surface area (Å²) in [6.07, 6.45) is 0. The first kappa shape index (κ1) is 10.4. The second kappa shape index (κ2) is 3.89. The van der Waals surface area contributed by atoms with Crippen LogP contribution < -0.4 is 5.73 Å². The van der Waals surface area contributed by atoms with Gasteiger partial charge in [0.25, 0.3) is 0 Å². The Hall–Kier alpha value is -1.81. The van der Waals surface area contributed by atoms with E-state index >= 15 is 0 Å². The van der Waals surface area contributed by atoms with E-state index in [9.17, 15) is 0 Å². The average Bonchev–Trinajstić information content (AvgIpc) is 2.66. The molecule has 0 saturated heterocycles. The number of hydrogen-bond acceptors (Lipinski definition) is 2. The van der Waals surface area contributed by atoms with Gasteiger partial charge in [-0.1, -0.05) is 24.3 Å². The van der Waals surface area contributed by atoms with Crippen molar-refractivity contribution in [3.8, 4) is 5.69 Å². The van der Waals surface area contributed by atoms with Crippen LogP contribution >= 0.6 is 15.9 Å². The molecule has 3 aromatic rings. The molecule has 0 atom stereocenters. The summed E-state index contributed by atoms with van der Waals surface area (Å²) in [5.74, 6) is 0.498. The fraction of sp³-hybridized carbons (Fsp3) is 0. The van der Waals surface area contributed by atoms with Crippen LogP contribution in [-0.4, -0.2) is 9.55 Å². The molecule has 3 rings (SSSR count). The van der Waals surface area contributed by atoms with Crippen molar-refractivity contribution < 1.29 is 0 Å². The number of nitrogens with zero attached hydrogens (tertiary/aromatic N) is 2. The van der Waals surface area contributed by atoms with E-state index in [0.29, 0.717) is 5.95 Å². The van der Waals surface area contributed by atoms with Crippen molar-refractivity contribution in [2.45, 2.75) is 0 Å². The van der Waals surface area contributed by atoms with Crippen LogP contribution in [0, 0.1) is 0 Å². The van der Waals surface area contributed by atoms with Crippen LogP contribution in [0.3, 0.4) is 0 Å². The predicted octanol–water partition coefficient (Wildman–Crippen LogP) is 3.37. The summed E-state index contributed by atoms with van der Waals surface area (Å²) in [5.41, 5.74) is 8.90. The first-order chi connectivity index (χ1) is 8.27. The number of anilines is 1. The molecular weight excluding hydrogens is 278 g/mol. The van der Waals surface area contributed by atoms with Crippen LogP contribution in [0.5, 0.6) is 0 Å². The van der Waals surface area contributed by atoms with Crippen LogP contribution in [0.15, 0.2) is 53.0 Å². The summed E-state index contributed by atoms with van der Waals surface area (Å²) in [5, 5.41) is 0. The molecule has 0 fully saturated rings. The fourth-order valence-electron chi connectivity index (χ4n) is 1.93. The van der Waals surface area contributed by atoms with E-state index in [0.717, 1.165) is 21.2 Å². The topological polar surface area (TPSA) is 43.8 Å². The molecule has 0 aliphatic carbocycles. The third kappa shape index (κ3) is 1.61. The van der Waals surface area contributed by atoms with Gasteiger partial charge in [0, 0.05) is 4.47 Å². The van der Waals surface area contributed by atoms with E-state index in [1.54, 1.807) is 0 Å². The van der Waals surface area contributed by atoms with Crippen LogP contribution in [-0.2, 0) is 0 Å². The van der Waals surface area contributed by atoms with Crippen molar-refractivity contribution in [1.29, 1.82) is 0 Å².